The number of aliphatic hydroxyl groups is 1. The van der Waals surface area contributed by atoms with Crippen LogP contribution in [0.4, 0.5) is 5.69 Å². The van der Waals surface area contributed by atoms with Gasteiger partial charge in [0.15, 0.2) is 0 Å². The third-order valence-corrected chi connectivity index (χ3v) is 2.62. The number of rotatable bonds is 6. The molecular formula is C12H17ClN2O3. The van der Waals surface area contributed by atoms with Gasteiger partial charge < -0.3 is 20.9 Å². The van der Waals surface area contributed by atoms with Gasteiger partial charge in [-0.2, -0.15) is 0 Å². The Morgan fingerprint density at radius 3 is 2.94 bits per heavy atom. The number of nitrogens with two attached hydrogens (primary N) is 1. The monoisotopic (exact) mass is 272 g/mol. The maximum Gasteiger partial charge on any atom is 0.253 e. The first-order chi connectivity index (χ1) is 8.54. The lowest BCUT2D eigenvalue weighted by atomic mass is 10.1. The minimum Gasteiger partial charge on any atom is -0.398 e. The summed E-state index contributed by atoms with van der Waals surface area (Å²) in [6, 6.07) is 4.70. The molecule has 0 fully saturated rings. The molecular weight excluding hydrogens is 256 g/mol. The van der Waals surface area contributed by atoms with Crippen molar-refractivity contribution in [2.24, 2.45) is 0 Å². The Morgan fingerprint density at radius 2 is 2.33 bits per heavy atom. The number of amides is 1. The number of nitrogens with one attached hydrogen (secondary N) is 1. The second-order valence-electron chi connectivity index (χ2n) is 3.89. The number of ether oxygens (including phenoxy) is 1. The lowest BCUT2D eigenvalue weighted by molar-refractivity contribution is 0.0588. The van der Waals surface area contributed by atoms with Crippen LogP contribution in [0, 0.1) is 0 Å². The molecule has 0 spiro atoms. The minimum atomic E-state index is -0.585. The van der Waals surface area contributed by atoms with Gasteiger partial charge in [0.1, 0.15) is 0 Å². The van der Waals surface area contributed by atoms with Gasteiger partial charge in [-0.05, 0) is 24.6 Å². The van der Waals surface area contributed by atoms with Crippen LogP contribution in [0.2, 0.25) is 5.02 Å². The predicted molar refractivity (Wildman–Crippen MR) is 70.7 cm³/mol. The van der Waals surface area contributed by atoms with Crippen LogP contribution < -0.4 is 11.1 Å². The summed E-state index contributed by atoms with van der Waals surface area (Å²) in [4.78, 5) is 11.8. The molecule has 1 aromatic carbocycles. The zero-order valence-corrected chi connectivity index (χ0v) is 10.9. The molecule has 1 amide bonds. The van der Waals surface area contributed by atoms with E-state index in [1.165, 1.54) is 13.2 Å². The molecule has 1 aromatic rings. The second-order valence-corrected chi connectivity index (χ2v) is 4.32. The molecule has 0 aliphatic rings. The van der Waals surface area contributed by atoms with Crippen molar-refractivity contribution in [3.05, 3.63) is 28.8 Å². The van der Waals surface area contributed by atoms with Crippen molar-refractivity contribution in [1.82, 2.24) is 5.32 Å². The molecule has 5 nitrogen and oxygen atoms in total. The van der Waals surface area contributed by atoms with Crippen LogP contribution >= 0.6 is 11.6 Å². The third-order valence-electron chi connectivity index (χ3n) is 2.38. The zero-order chi connectivity index (χ0) is 13.5. The van der Waals surface area contributed by atoms with Crippen LogP contribution in [0.1, 0.15) is 16.8 Å². The number of carbonyl (C=O) groups excluding carboxylic acids is 1. The van der Waals surface area contributed by atoms with Gasteiger partial charge in [0.2, 0.25) is 0 Å². The van der Waals surface area contributed by atoms with Gasteiger partial charge in [0.25, 0.3) is 5.91 Å². The Bertz CT molecular complexity index is 412. The first-order valence-corrected chi connectivity index (χ1v) is 5.92. The highest BCUT2D eigenvalue weighted by Gasteiger charge is 2.10. The van der Waals surface area contributed by atoms with E-state index in [0.29, 0.717) is 29.2 Å². The number of anilines is 1. The highest BCUT2D eigenvalue weighted by molar-refractivity contribution is 6.31. The molecule has 0 aromatic heterocycles. The number of hydrogen-bond donors (Lipinski definition) is 3. The summed E-state index contributed by atoms with van der Waals surface area (Å²) in [6.45, 7) is 0.602. The van der Waals surface area contributed by atoms with E-state index in [1.807, 2.05) is 0 Å². The maximum absolute atomic E-state index is 11.8. The largest absolute Gasteiger partial charge is 0.398 e. The van der Waals surface area contributed by atoms with Gasteiger partial charge in [-0.1, -0.05) is 11.6 Å². The molecule has 0 aliphatic carbocycles. The van der Waals surface area contributed by atoms with Gasteiger partial charge in [0.05, 0.1) is 18.3 Å². The Labute approximate surface area is 111 Å². The Morgan fingerprint density at radius 1 is 1.61 bits per heavy atom. The SMILES string of the molecule is COCC(O)CCNC(=O)c1ccc(Cl)cc1N. The maximum atomic E-state index is 11.8. The number of benzene rings is 1. The highest BCUT2D eigenvalue weighted by atomic mass is 35.5. The molecule has 0 bridgehead atoms. The fraction of sp³-hybridized carbons (Fsp3) is 0.417. The average Bonchev–Trinajstić information content (AvgIpc) is 2.29. The Kier molecular flexibility index (Phi) is 5.91. The van der Waals surface area contributed by atoms with E-state index in [0.717, 1.165) is 0 Å². The average molecular weight is 273 g/mol. The van der Waals surface area contributed by atoms with E-state index in [4.69, 9.17) is 22.1 Å². The fourth-order valence-electron chi connectivity index (χ4n) is 1.46. The van der Waals surface area contributed by atoms with Gasteiger partial charge >= 0.3 is 0 Å². The summed E-state index contributed by atoms with van der Waals surface area (Å²) in [7, 11) is 1.51. The standard InChI is InChI=1S/C12H17ClN2O3/c1-18-7-9(16)4-5-15-12(17)10-3-2-8(13)6-11(10)14/h2-3,6,9,16H,4-5,7,14H2,1H3,(H,15,17). The lowest BCUT2D eigenvalue weighted by Crippen LogP contribution is -2.29. The smallest absolute Gasteiger partial charge is 0.253 e. The topological polar surface area (TPSA) is 84.6 Å². The van der Waals surface area contributed by atoms with E-state index in [2.05, 4.69) is 5.32 Å². The van der Waals surface area contributed by atoms with Gasteiger partial charge in [0, 0.05) is 24.4 Å². The van der Waals surface area contributed by atoms with E-state index in [1.54, 1.807) is 12.1 Å². The predicted octanol–water partition coefficient (Wildman–Crippen LogP) is 1.05. The van der Waals surface area contributed by atoms with Crippen LogP contribution in [-0.2, 0) is 4.74 Å². The molecule has 0 heterocycles. The van der Waals surface area contributed by atoms with Crippen LogP contribution in [0.25, 0.3) is 0 Å². The third kappa shape index (κ3) is 4.52. The van der Waals surface area contributed by atoms with Crippen molar-refractivity contribution >= 4 is 23.2 Å². The van der Waals surface area contributed by atoms with Crippen molar-refractivity contribution in [2.45, 2.75) is 12.5 Å². The molecule has 6 heteroatoms. The summed E-state index contributed by atoms with van der Waals surface area (Å²) >= 11 is 5.74. The molecule has 0 radical (unpaired) electrons. The molecule has 1 atom stereocenters. The van der Waals surface area contributed by atoms with Crippen molar-refractivity contribution < 1.29 is 14.6 Å². The number of nitrogen functional groups attached to an aromatic ring is 1. The molecule has 1 rings (SSSR count). The first-order valence-electron chi connectivity index (χ1n) is 5.54. The molecule has 4 N–H and O–H groups in total. The van der Waals surface area contributed by atoms with E-state index in [-0.39, 0.29) is 12.5 Å². The molecule has 100 valence electrons. The summed E-state index contributed by atoms with van der Waals surface area (Å²) in [6.07, 6.45) is -0.162. The van der Waals surface area contributed by atoms with Gasteiger partial charge in [-0.15, -0.1) is 0 Å². The minimum absolute atomic E-state index is 0.249. The number of halogens is 1. The number of aliphatic hydroxyl groups excluding tert-OH is 1. The van der Waals surface area contributed by atoms with Crippen LogP contribution in [-0.4, -0.2) is 37.4 Å². The number of hydrogen-bond acceptors (Lipinski definition) is 4. The molecule has 1 unspecified atom stereocenters. The molecule has 0 aliphatic heterocycles. The molecule has 18 heavy (non-hydrogen) atoms. The normalized spacial score (nSPS) is 12.2. The van der Waals surface area contributed by atoms with E-state index in [9.17, 15) is 9.90 Å². The van der Waals surface area contributed by atoms with Crippen molar-refractivity contribution in [2.75, 3.05) is 26.0 Å². The number of carbonyl (C=O) groups is 1. The van der Waals surface area contributed by atoms with Crippen LogP contribution in [0.5, 0.6) is 0 Å². The second kappa shape index (κ2) is 7.20. The fourth-order valence-corrected chi connectivity index (χ4v) is 1.64. The Hall–Kier alpha value is -1.30. The van der Waals surface area contributed by atoms with Crippen LogP contribution in [0.3, 0.4) is 0 Å². The summed E-state index contributed by atoms with van der Waals surface area (Å²) in [5, 5.41) is 12.6. The zero-order valence-electron chi connectivity index (χ0n) is 10.1. The van der Waals surface area contributed by atoms with Crippen LogP contribution in [0.15, 0.2) is 18.2 Å². The van der Waals surface area contributed by atoms with Crippen molar-refractivity contribution in [3.63, 3.8) is 0 Å². The Balaban J connectivity index is 2.45. The molecule has 0 saturated heterocycles. The lowest BCUT2D eigenvalue weighted by Gasteiger charge is -2.11. The first kappa shape index (κ1) is 14.8. The quantitative estimate of drug-likeness (QED) is 0.676. The van der Waals surface area contributed by atoms with Gasteiger partial charge in [-0.25, -0.2) is 0 Å². The highest BCUT2D eigenvalue weighted by Crippen LogP contribution is 2.17. The number of methoxy groups -OCH3 is 1. The van der Waals surface area contributed by atoms with E-state index >= 15 is 0 Å². The summed E-state index contributed by atoms with van der Waals surface area (Å²) in [5.41, 5.74) is 6.39. The van der Waals surface area contributed by atoms with E-state index < -0.39 is 6.10 Å². The summed E-state index contributed by atoms with van der Waals surface area (Å²) in [5.74, 6) is -0.284. The van der Waals surface area contributed by atoms with Crippen molar-refractivity contribution in [3.8, 4) is 0 Å². The van der Waals surface area contributed by atoms with Gasteiger partial charge in [-0.3, -0.25) is 4.79 Å². The summed E-state index contributed by atoms with van der Waals surface area (Å²) < 4.78 is 4.78. The molecule has 0 saturated carbocycles. The van der Waals surface area contributed by atoms with Crippen molar-refractivity contribution in [1.29, 1.82) is 0 Å².